The van der Waals surface area contributed by atoms with Crippen molar-refractivity contribution in [2.75, 3.05) is 46.6 Å². The van der Waals surface area contributed by atoms with Crippen molar-refractivity contribution in [1.82, 2.24) is 15.8 Å². The van der Waals surface area contributed by atoms with Gasteiger partial charge in [0.15, 0.2) is 0 Å². The third-order valence-corrected chi connectivity index (χ3v) is 2.12. The molecule has 7 heteroatoms. The van der Waals surface area contributed by atoms with Crippen LogP contribution >= 0.6 is 0 Å². The molecule has 0 unspecified atom stereocenters. The molecule has 0 aromatic rings. The molecule has 7 nitrogen and oxygen atoms in total. The summed E-state index contributed by atoms with van der Waals surface area (Å²) in [6.45, 7) is 4.49. The molecule has 0 atom stereocenters. The summed E-state index contributed by atoms with van der Waals surface area (Å²) in [6.07, 6.45) is 3.44. The van der Waals surface area contributed by atoms with Gasteiger partial charge < -0.3 is 9.47 Å². The number of hydrogen-bond acceptors (Lipinski definition) is 6. The molecule has 0 heterocycles. The molecule has 0 aromatic carbocycles. The van der Waals surface area contributed by atoms with Gasteiger partial charge in [0.2, 0.25) is 6.41 Å². The monoisotopic (exact) mass is 273 g/mol. The van der Waals surface area contributed by atoms with Gasteiger partial charge >= 0.3 is 0 Å². The number of carbonyl (C=O) groups is 2. The van der Waals surface area contributed by atoms with Gasteiger partial charge in [0.1, 0.15) is 0 Å². The smallest absolute Gasteiger partial charge is 0.252 e. The Kier molecular flexibility index (Phi) is 12.3. The highest BCUT2D eigenvalue weighted by Gasteiger charge is 2.07. The topological polar surface area (TPSA) is 79.9 Å². The standard InChI is InChI=1S/C12H23N3O4/c1-3-4-12(17)15(11-16)6-8-19-10-9-18-7-5-14-13-2/h3-4,11,13-14H,5-10H2,1-2H3/b4-3-. The second kappa shape index (κ2) is 13.2. The lowest BCUT2D eigenvalue weighted by atomic mass is 10.4. The maximum atomic E-state index is 11.4. The normalized spacial score (nSPS) is 10.8. The Hall–Kier alpha value is -1.28. The van der Waals surface area contributed by atoms with E-state index in [9.17, 15) is 9.59 Å². The van der Waals surface area contributed by atoms with Gasteiger partial charge in [0, 0.05) is 6.54 Å². The second-order valence-electron chi connectivity index (χ2n) is 3.54. The molecule has 0 rings (SSSR count). The van der Waals surface area contributed by atoms with E-state index in [0.717, 1.165) is 4.90 Å². The van der Waals surface area contributed by atoms with Gasteiger partial charge in [-0.25, -0.2) is 0 Å². The first-order chi connectivity index (χ1) is 9.26. The lowest BCUT2D eigenvalue weighted by Crippen LogP contribution is -2.32. The Balaban J connectivity index is 3.46. The number of imide groups is 1. The Labute approximate surface area is 113 Å². The summed E-state index contributed by atoms with van der Waals surface area (Å²) < 4.78 is 10.5. The molecule has 0 saturated carbocycles. The molecule has 2 N–H and O–H groups in total. The minimum absolute atomic E-state index is 0.244. The summed E-state index contributed by atoms with van der Waals surface area (Å²) in [5, 5.41) is 0. The highest BCUT2D eigenvalue weighted by molar-refractivity contribution is 5.94. The lowest BCUT2D eigenvalue weighted by molar-refractivity contribution is -0.135. The van der Waals surface area contributed by atoms with Crippen molar-refractivity contribution in [3.63, 3.8) is 0 Å². The molecule has 0 spiro atoms. The Morgan fingerprint density at radius 1 is 1.21 bits per heavy atom. The summed E-state index contributed by atoms with van der Waals surface area (Å²) in [5.41, 5.74) is 5.67. The fraction of sp³-hybridized carbons (Fsp3) is 0.667. The van der Waals surface area contributed by atoms with Gasteiger partial charge in [-0.1, -0.05) is 6.08 Å². The molecule has 2 amide bonds. The zero-order valence-electron chi connectivity index (χ0n) is 11.6. The molecule has 19 heavy (non-hydrogen) atoms. The summed E-state index contributed by atoms with van der Waals surface area (Å²) >= 11 is 0. The van der Waals surface area contributed by atoms with Crippen LogP contribution in [0.2, 0.25) is 0 Å². The molecule has 0 fully saturated rings. The Morgan fingerprint density at radius 2 is 1.89 bits per heavy atom. The minimum atomic E-state index is -0.338. The van der Waals surface area contributed by atoms with Crippen molar-refractivity contribution >= 4 is 12.3 Å². The predicted octanol–water partition coefficient (Wildman–Crippen LogP) is -0.695. The highest BCUT2D eigenvalue weighted by Crippen LogP contribution is 1.89. The Morgan fingerprint density at radius 3 is 2.47 bits per heavy atom. The maximum absolute atomic E-state index is 11.4. The van der Waals surface area contributed by atoms with Crippen LogP contribution in [0.3, 0.4) is 0 Å². The first-order valence-corrected chi connectivity index (χ1v) is 6.20. The van der Waals surface area contributed by atoms with E-state index in [1.165, 1.54) is 6.08 Å². The van der Waals surface area contributed by atoms with E-state index in [2.05, 4.69) is 10.9 Å². The van der Waals surface area contributed by atoms with Crippen molar-refractivity contribution in [1.29, 1.82) is 0 Å². The lowest BCUT2D eigenvalue weighted by Gasteiger charge is -2.13. The number of amides is 2. The van der Waals surface area contributed by atoms with E-state index in [1.807, 2.05) is 0 Å². The average Bonchev–Trinajstić information content (AvgIpc) is 2.41. The van der Waals surface area contributed by atoms with Crippen LogP contribution in [0.15, 0.2) is 12.2 Å². The van der Waals surface area contributed by atoms with Gasteiger partial charge in [0.05, 0.1) is 33.0 Å². The van der Waals surface area contributed by atoms with E-state index < -0.39 is 0 Å². The van der Waals surface area contributed by atoms with Crippen molar-refractivity contribution < 1.29 is 19.1 Å². The van der Waals surface area contributed by atoms with E-state index in [-0.39, 0.29) is 12.5 Å². The summed E-state index contributed by atoms with van der Waals surface area (Å²) in [4.78, 5) is 23.1. The van der Waals surface area contributed by atoms with Crippen LogP contribution in [0.1, 0.15) is 6.92 Å². The van der Waals surface area contributed by atoms with Gasteiger partial charge in [-0.3, -0.25) is 25.3 Å². The molecule has 110 valence electrons. The second-order valence-corrected chi connectivity index (χ2v) is 3.54. The zero-order chi connectivity index (χ0) is 14.3. The van der Waals surface area contributed by atoms with Crippen molar-refractivity contribution in [3.8, 4) is 0 Å². The van der Waals surface area contributed by atoms with Gasteiger partial charge in [0.25, 0.3) is 5.91 Å². The highest BCUT2D eigenvalue weighted by atomic mass is 16.5. The van der Waals surface area contributed by atoms with Crippen LogP contribution < -0.4 is 10.9 Å². The molecule has 0 radical (unpaired) electrons. The summed E-state index contributed by atoms with van der Waals surface area (Å²) in [6, 6.07) is 0. The molecular weight excluding hydrogens is 250 g/mol. The van der Waals surface area contributed by atoms with Gasteiger partial charge in [-0.05, 0) is 20.0 Å². The number of hydrazine groups is 1. The first kappa shape index (κ1) is 17.7. The van der Waals surface area contributed by atoms with E-state index in [1.54, 1.807) is 20.0 Å². The molecule has 0 aliphatic heterocycles. The average molecular weight is 273 g/mol. The third kappa shape index (κ3) is 10.3. The van der Waals surface area contributed by atoms with Crippen LogP contribution in [0.4, 0.5) is 0 Å². The quantitative estimate of drug-likeness (QED) is 0.212. The molecule has 0 aliphatic rings. The van der Waals surface area contributed by atoms with Crippen LogP contribution in [-0.2, 0) is 19.1 Å². The molecule has 0 aromatic heterocycles. The number of nitrogens with one attached hydrogen (secondary N) is 2. The van der Waals surface area contributed by atoms with E-state index in [0.29, 0.717) is 39.4 Å². The fourth-order valence-corrected chi connectivity index (χ4v) is 1.19. The summed E-state index contributed by atoms with van der Waals surface area (Å²) in [7, 11) is 1.79. The number of carbonyl (C=O) groups excluding carboxylic acids is 2. The summed E-state index contributed by atoms with van der Waals surface area (Å²) in [5.74, 6) is -0.338. The molecule has 0 aliphatic carbocycles. The van der Waals surface area contributed by atoms with Crippen molar-refractivity contribution in [3.05, 3.63) is 12.2 Å². The number of ether oxygens (including phenoxy) is 2. The first-order valence-electron chi connectivity index (χ1n) is 6.20. The van der Waals surface area contributed by atoms with Crippen LogP contribution in [-0.4, -0.2) is 63.8 Å². The zero-order valence-corrected chi connectivity index (χ0v) is 11.6. The number of nitrogens with zero attached hydrogens (tertiary/aromatic N) is 1. The number of allylic oxidation sites excluding steroid dienone is 1. The van der Waals surface area contributed by atoms with Crippen molar-refractivity contribution in [2.24, 2.45) is 0 Å². The van der Waals surface area contributed by atoms with Crippen LogP contribution in [0.25, 0.3) is 0 Å². The minimum Gasteiger partial charge on any atom is -0.378 e. The fourth-order valence-electron chi connectivity index (χ4n) is 1.19. The number of rotatable bonds is 12. The van der Waals surface area contributed by atoms with Gasteiger partial charge in [-0.2, -0.15) is 0 Å². The predicted molar refractivity (Wildman–Crippen MR) is 71.3 cm³/mol. The SMILES string of the molecule is C/C=C\C(=O)N(C=O)CCOCCOCCNNC. The van der Waals surface area contributed by atoms with Gasteiger partial charge in [-0.15, -0.1) is 0 Å². The number of hydrogen-bond donors (Lipinski definition) is 2. The molecule has 0 bridgehead atoms. The van der Waals surface area contributed by atoms with Crippen LogP contribution in [0, 0.1) is 0 Å². The molecular formula is C12H23N3O4. The molecule has 0 saturated heterocycles. The largest absolute Gasteiger partial charge is 0.378 e. The van der Waals surface area contributed by atoms with Crippen molar-refractivity contribution in [2.45, 2.75) is 6.92 Å². The third-order valence-electron chi connectivity index (χ3n) is 2.12. The maximum Gasteiger partial charge on any atom is 0.252 e. The van der Waals surface area contributed by atoms with E-state index in [4.69, 9.17) is 9.47 Å². The Bertz CT molecular complexity index is 272. The van der Waals surface area contributed by atoms with E-state index >= 15 is 0 Å². The van der Waals surface area contributed by atoms with Crippen LogP contribution in [0.5, 0.6) is 0 Å².